The normalized spacial score (nSPS) is 15.9. The van der Waals surface area contributed by atoms with E-state index in [2.05, 4.69) is 6.92 Å². The van der Waals surface area contributed by atoms with Crippen LogP contribution in [0.3, 0.4) is 0 Å². The zero-order chi connectivity index (χ0) is 13.8. The fourth-order valence-electron chi connectivity index (χ4n) is 2.16. The molecule has 2 N–H and O–H groups in total. The summed E-state index contributed by atoms with van der Waals surface area (Å²) in [6, 6.07) is 7.68. The molecule has 1 aliphatic carbocycles. The second-order valence-electron chi connectivity index (χ2n) is 5.22. The Morgan fingerprint density at radius 3 is 2.79 bits per heavy atom. The number of carbonyl (C=O) groups excluding carboxylic acids is 1. The maximum absolute atomic E-state index is 12.0. The van der Waals surface area contributed by atoms with Crippen molar-refractivity contribution in [3.05, 3.63) is 24.3 Å². The van der Waals surface area contributed by atoms with Gasteiger partial charge >= 0.3 is 0 Å². The number of nitrogens with two attached hydrogens (primary N) is 1. The predicted octanol–water partition coefficient (Wildman–Crippen LogP) is 2.29. The quantitative estimate of drug-likeness (QED) is 0.800. The summed E-state index contributed by atoms with van der Waals surface area (Å²) in [6.07, 6.45) is 2.88. The number of rotatable bonds is 6. The second kappa shape index (κ2) is 5.95. The maximum atomic E-state index is 12.0. The van der Waals surface area contributed by atoms with Gasteiger partial charge in [0.05, 0.1) is 18.7 Å². The lowest BCUT2D eigenvalue weighted by Gasteiger charge is -2.25. The van der Waals surface area contributed by atoms with E-state index < -0.39 is 0 Å². The lowest BCUT2D eigenvalue weighted by atomic mass is 10.2. The van der Waals surface area contributed by atoms with E-state index in [1.54, 1.807) is 6.07 Å². The zero-order valence-electron chi connectivity index (χ0n) is 11.6. The highest BCUT2D eigenvalue weighted by molar-refractivity contribution is 5.76. The smallest absolute Gasteiger partial charge is 0.225 e. The zero-order valence-corrected chi connectivity index (χ0v) is 11.6. The molecule has 1 aromatic carbocycles. The van der Waals surface area contributed by atoms with Gasteiger partial charge in [0.2, 0.25) is 5.91 Å². The first-order valence-electron chi connectivity index (χ1n) is 6.82. The van der Waals surface area contributed by atoms with Crippen LogP contribution >= 0.6 is 0 Å². The van der Waals surface area contributed by atoms with E-state index in [1.165, 1.54) is 12.8 Å². The van der Waals surface area contributed by atoms with E-state index in [1.807, 2.05) is 30.1 Å². The van der Waals surface area contributed by atoms with Crippen molar-refractivity contribution in [1.82, 2.24) is 4.90 Å². The molecule has 0 heterocycles. The Kier molecular flexibility index (Phi) is 4.30. The molecule has 104 valence electrons. The standard InChI is InChI=1S/C15H22N2O2/c1-11(12-7-8-12)17(2)15(18)9-10-19-14-6-4-3-5-13(14)16/h3-6,11-12H,7-10,16H2,1-2H3. The van der Waals surface area contributed by atoms with Gasteiger partial charge in [0.1, 0.15) is 5.75 Å². The van der Waals surface area contributed by atoms with Crippen LogP contribution in [0.2, 0.25) is 0 Å². The SMILES string of the molecule is CC(C1CC1)N(C)C(=O)CCOc1ccccc1N. The molecule has 1 amide bonds. The number of amides is 1. The minimum Gasteiger partial charge on any atom is -0.491 e. The highest BCUT2D eigenvalue weighted by Gasteiger charge is 2.32. The predicted molar refractivity (Wildman–Crippen MR) is 75.9 cm³/mol. The van der Waals surface area contributed by atoms with E-state index in [0.29, 0.717) is 36.4 Å². The summed E-state index contributed by atoms with van der Waals surface area (Å²) >= 11 is 0. The number of nitrogens with zero attached hydrogens (tertiary/aromatic N) is 1. The average molecular weight is 262 g/mol. The van der Waals surface area contributed by atoms with E-state index in [9.17, 15) is 4.79 Å². The van der Waals surface area contributed by atoms with Crippen molar-refractivity contribution in [2.24, 2.45) is 5.92 Å². The van der Waals surface area contributed by atoms with Gasteiger partial charge in [-0.1, -0.05) is 12.1 Å². The van der Waals surface area contributed by atoms with E-state index in [-0.39, 0.29) is 5.91 Å². The summed E-state index contributed by atoms with van der Waals surface area (Å²) in [6.45, 7) is 2.49. The van der Waals surface area contributed by atoms with Crippen LogP contribution in [0.1, 0.15) is 26.2 Å². The number of hydrogen-bond acceptors (Lipinski definition) is 3. The number of hydrogen-bond donors (Lipinski definition) is 1. The summed E-state index contributed by atoms with van der Waals surface area (Å²) in [5.74, 6) is 1.47. The highest BCUT2D eigenvalue weighted by Crippen LogP contribution is 2.34. The minimum atomic E-state index is 0.133. The summed E-state index contributed by atoms with van der Waals surface area (Å²) in [7, 11) is 1.88. The minimum absolute atomic E-state index is 0.133. The molecular weight excluding hydrogens is 240 g/mol. The molecule has 0 radical (unpaired) electrons. The van der Waals surface area contributed by atoms with Crippen molar-refractivity contribution in [3.8, 4) is 5.75 Å². The first-order valence-corrected chi connectivity index (χ1v) is 6.82. The van der Waals surface area contributed by atoms with E-state index >= 15 is 0 Å². The van der Waals surface area contributed by atoms with Crippen LogP contribution in [-0.4, -0.2) is 30.5 Å². The molecule has 2 rings (SSSR count). The molecule has 1 unspecified atom stereocenters. The van der Waals surface area contributed by atoms with Gasteiger partial charge in [-0.3, -0.25) is 4.79 Å². The second-order valence-corrected chi connectivity index (χ2v) is 5.22. The summed E-state index contributed by atoms with van der Waals surface area (Å²) in [5.41, 5.74) is 6.38. The fourth-order valence-corrected chi connectivity index (χ4v) is 2.16. The Morgan fingerprint density at radius 2 is 2.16 bits per heavy atom. The molecular formula is C15H22N2O2. The number of ether oxygens (including phenoxy) is 1. The number of benzene rings is 1. The van der Waals surface area contributed by atoms with Crippen LogP contribution in [0.4, 0.5) is 5.69 Å². The molecule has 1 aromatic rings. The molecule has 0 bridgehead atoms. The Balaban J connectivity index is 1.76. The third-order valence-electron chi connectivity index (χ3n) is 3.80. The van der Waals surface area contributed by atoms with Crippen LogP contribution in [0.15, 0.2) is 24.3 Å². The Hall–Kier alpha value is -1.71. The van der Waals surface area contributed by atoms with Crippen molar-refractivity contribution >= 4 is 11.6 Å². The van der Waals surface area contributed by atoms with Crippen LogP contribution in [0, 0.1) is 5.92 Å². The van der Waals surface area contributed by atoms with Crippen molar-refractivity contribution in [2.75, 3.05) is 19.4 Å². The fraction of sp³-hybridized carbons (Fsp3) is 0.533. The van der Waals surface area contributed by atoms with Gasteiger partial charge in [-0.2, -0.15) is 0 Å². The van der Waals surface area contributed by atoms with Crippen molar-refractivity contribution < 1.29 is 9.53 Å². The van der Waals surface area contributed by atoms with Gasteiger partial charge in [-0.25, -0.2) is 0 Å². The van der Waals surface area contributed by atoms with Crippen LogP contribution in [-0.2, 0) is 4.79 Å². The van der Waals surface area contributed by atoms with Gasteiger partial charge in [0.15, 0.2) is 0 Å². The van der Waals surface area contributed by atoms with Gasteiger partial charge in [-0.05, 0) is 37.8 Å². The molecule has 0 aromatic heterocycles. The lowest BCUT2D eigenvalue weighted by molar-refractivity contribution is -0.132. The molecule has 1 saturated carbocycles. The Labute approximate surface area is 114 Å². The largest absolute Gasteiger partial charge is 0.491 e. The topological polar surface area (TPSA) is 55.6 Å². The molecule has 19 heavy (non-hydrogen) atoms. The summed E-state index contributed by atoms with van der Waals surface area (Å²) in [4.78, 5) is 13.8. The molecule has 0 spiro atoms. The number of nitrogen functional groups attached to an aromatic ring is 1. The Bertz CT molecular complexity index is 444. The van der Waals surface area contributed by atoms with Crippen molar-refractivity contribution in [2.45, 2.75) is 32.2 Å². The van der Waals surface area contributed by atoms with Crippen LogP contribution in [0.5, 0.6) is 5.75 Å². The summed E-state index contributed by atoms with van der Waals surface area (Å²) < 4.78 is 5.54. The molecule has 0 aliphatic heterocycles. The monoisotopic (exact) mass is 262 g/mol. The van der Waals surface area contributed by atoms with Crippen molar-refractivity contribution in [3.63, 3.8) is 0 Å². The van der Waals surface area contributed by atoms with Gasteiger partial charge < -0.3 is 15.4 Å². The summed E-state index contributed by atoms with van der Waals surface area (Å²) in [5, 5.41) is 0. The van der Waals surface area contributed by atoms with Gasteiger partial charge in [-0.15, -0.1) is 0 Å². The van der Waals surface area contributed by atoms with Crippen LogP contribution in [0.25, 0.3) is 0 Å². The first kappa shape index (κ1) is 13.7. The lowest BCUT2D eigenvalue weighted by Crippen LogP contribution is -2.37. The molecule has 0 saturated heterocycles. The maximum Gasteiger partial charge on any atom is 0.225 e. The first-order chi connectivity index (χ1) is 9.09. The Morgan fingerprint density at radius 1 is 1.47 bits per heavy atom. The van der Waals surface area contributed by atoms with E-state index in [4.69, 9.17) is 10.5 Å². The number of para-hydroxylation sites is 2. The number of carbonyl (C=O) groups is 1. The molecule has 4 heteroatoms. The van der Waals surface area contributed by atoms with Crippen LogP contribution < -0.4 is 10.5 Å². The molecule has 4 nitrogen and oxygen atoms in total. The van der Waals surface area contributed by atoms with Crippen molar-refractivity contribution in [1.29, 1.82) is 0 Å². The van der Waals surface area contributed by atoms with Gasteiger partial charge in [0, 0.05) is 13.1 Å². The number of anilines is 1. The molecule has 1 atom stereocenters. The third-order valence-corrected chi connectivity index (χ3v) is 3.80. The third kappa shape index (κ3) is 3.63. The van der Waals surface area contributed by atoms with E-state index in [0.717, 1.165) is 0 Å². The van der Waals surface area contributed by atoms with Gasteiger partial charge in [0.25, 0.3) is 0 Å². The average Bonchev–Trinajstić information content (AvgIpc) is 3.23. The highest BCUT2D eigenvalue weighted by atomic mass is 16.5. The molecule has 1 fully saturated rings. The molecule has 1 aliphatic rings.